The van der Waals surface area contributed by atoms with Crippen LogP contribution in [-0.2, 0) is 17.0 Å². The number of fused-ring (bicyclic) bond motifs is 2. The molecule has 3 nitrogen and oxygen atoms in total. The molecule has 0 spiro atoms. The van der Waals surface area contributed by atoms with E-state index < -0.39 is 0 Å². The first-order valence-corrected chi connectivity index (χ1v) is 7.43. The summed E-state index contributed by atoms with van der Waals surface area (Å²) in [6.07, 6.45) is 1.43. The van der Waals surface area contributed by atoms with Crippen LogP contribution in [0.25, 0.3) is 0 Å². The molecule has 106 valence electrons. The number of nitrogens with one attached hydrogen (secondary N) is 1. The standard InChI is InChI=1S/C18H18N2O/c1-13-6-8-15(9-7-13)18-11-10-17(21)20(18)12-14-4-2-3-5-16(14)19-18/h2-9,19H,10-12H2,1H3. The topological polar surface area (TPSA) is 32.3 Å². The van der Waals surface area contributed by atoms with Gasteiger partial charge >= 0.3 is 0 Å². The van der Waals surface area contributed by atoms with E-state index in [9.17, 15) is 4.79 Å². The summed E-state index contributed by atoms with van der Waals surface area (Å²) in [7, 11) is 0. The van der Waals surface area contributed by atoms with E-state index in [-0.39, 0.29) is 11.6 Å². The SMILES string of the molecule is Cc1ccc(C23CCC(=O)N2Cc2ccccc2N3)cc1. The molecule has 0 saturated carbocycles. The zero-order chi connectivity index (χ0) is 14.4. The maximum Gasteiger partial charge on any atom is 0.225 e. The van der Waals surface area contributed by atoms with E-state index in [0.717, 1.165) is 12.1 Å². The van der Waals surface area contributed by atoms with Crippen molar-refractivity contribution >= 4 is 11.6 Å². The molecule has 0 aromatic heterocycles. The van der Waals surface area contributed by atoms with E-state index in [0.29, 0.717) is 13.0 Å². The van der Waals surface area contributed by atoms with Gasteiger partial charge in [0, 0.05) is 18.5 Å². The maximum absolute atomic E-state index is 12.3. The largest absolute Gasteiger partial charge is 0.359 e. The molecule has 3 heteroatoms. The third-order valence-electron chi connectivity index (χ3n) is 4.68. The van der Waals surface area contributed by atoms with Crippen LogP contribution in [0.3, 0.4) is 0 Å². The van der Waals surface area contributed by atoms with Gasteiger partial charge in [0.1, 0.15) is 5.66 Å². The molecule has 1 amide bonds. The van der Waals surface area contributed by atoms with E-state index in [4.69, 9.17) is 0 Å². The van der Waals surface area contributed by atoms with E-state index >= 15 is 0 Å². The highest BCUT2D eigenvalue weighted by molar-refractivity contribution is 5.82. The Morgan fingerprint density at radius 1 is 1.10 bits per heavy atom. The fourth-order valence-corrected chi connectivity index (χ4v) is 3.50. The van der Waals surface area contributed by atoms with Crippen molar-refractivity contribution in [3.8, 4) is 0 Å². The second-order valence-corrected chi connectivity index (χ2v) is 5.99. The minimum atomic E-state index is -0.376. The molecule has 0 radical (unpaired) electrons. The highest BCUT2D eigenvalue weighted by Gasteiger charge is 2.49. The van der Waals surface area contributed by atoms with E-state index in [2.05, 4.69) is 48.6 Å². The van der Waals surface area contributed by atoms with E-state index in [1.54, 1.807) is 0 Å². The molecule has 1 atom stereocenters. The second-order valence-electron chi connectivity index (χ2n) is 5.99. The maximum atomic E-state index is 12.3. The predicted molar refractivity (Wildman–Crippen MR) is 82.7 cm³/mol. The first kappa shape index (κ1) is 12.5. The van der Waals surface area contributed by atoms with Gasteiger partial charge in [-0.1, -0.05) is 48.0 Å². The van der Waals surface area contributed by atoms with Crippen LogP contribution in [0.5, 0.6) is 0 Å². The number of benzene rings is 2. The van der Waals surface area contributed by atoms with Gasteiger partial charge in [-0.3, -0.25) is 4.79 Å². The molecule has 21 heavy (non-hydrogen) atoms. The lowest BCUT2D eigenvalue weighted by atomic mass is 9.92. The number of rotatable bonds is 1. The zero-order valence-electron chi connectivity index (χ0n) is 12.1. The average Bonchev–Trinajstić information content (AvgIpc) is 2.83. The van der Waals surface area contributed by atoms with Crippen LogP contribution < -0.4 is 5.32 Å². The lowest BCUT2D eigenvalue weighted by molar-refractivity contribution is -0.131. The van der Waals surface area contributed by atoms with Gasteiger partial charge in [-0.05, 0) is 24.1 Å². The monoisotopic (exact) mass is 278 g/mol. The van der Waals surface area contributed by atoms with Crippen molar-refractivity contribution in [3.63, 3.8) is 0 Å². The normalized spacial score (nSPS) is 23.5. The van der Waals surface area contributed by atoms with Gasteiger partial charge in [-0.25, -0.2) is 0 Å². The van der Waals surface area contributed by atoms with Gasteiger partial charge in [-0.15, -0.1) is 0 Å². The molecule has 1 fully saturated rings. The molecule has 2 aromatic carbocycles. The van der Waals surface area contributed by atoms with Crippen LogP contribution in [0.2, 0.25) is 0 Å². The first-order valence-electron chi connectivity index (χ1n) is 7.43. The number of amides is 1. The third-order valence-corrected chi connectivity index (χ3v) is 4.68. The number of hydrogen-bond donors (Lipinski definition) is 1. The van der Waals surface area contributed by atoms with Crippen LogP contribution in [-0.4, -0.2) is 10.8 Å². The van der Waals surface area contributed by atoms with Gasteiger partial charge in [0.2, 0.25) is 5.91 Å². The summed E-state index contributed by atoms with van der Waals surface area (Å²) in [5.74, 6) is 0.234. The molecule has 2 heterocycles. The van der Waals surface area contributed by atoms with Crippen molar-refractivity contribution in [2.45, 2.75) is 32.0 Å². The van der Waals surface area contributed by atoms with Crippen molar-refractivity contribution in [1.29, 1.82) is 0 Å². The summed E-state index contributed by atoms with van der Waals surface area (Å²) >= 11 is 0. The van der Waals surface area contributed by atoms with Crippen LogP contribution in [0.4, 0.5) is 5.69 Å². The van der Waals surface area contributed by atoms with Gasteiger partial charge in [0.15, 0.2) is 0 Å². The molecule has 2 aliphatic heterocycles. The van der Waals surface area contributed by atoms with Crippen molar-refractivity contribution < 1.29 is 4.79 Å². The summed E-state index contributed by atoms with van der Waals surface area (Å²) in [4.78, 5) is 14.3. The minimum Gasteiger partial charge on any atom is -0.359 e. The lowest BCUT2D eigenvalue weighted by Gasteiger charge is -2.44. The van der Waals surface area contributed by atoms with E-state index in [1.807, 2.05) is 17.0 Å². The fraction of sp³-hybridized carbons (Fsp3) is 0.278. The Morgan fingerprint density at radius 3 is 2.67 bits per heavy atom. The number of aryl methyl sites for hydroxylation is 1. The third kappa shape index (κ3) is 1.77. The molecule has 1 saturated heterocycles. The zero-order valence-corrected chi connectivity index (χ0v) is 12.1. The van der Waals surface area contributed by atoms with Crippen LogP contribution in [0.15, 0.2) is 48.5 Å². The molecular formula is C18H18N2O. The summed E-state index contributed by atoms with van der Waals surface area (Å²) in [5.41, 5.74) is 4.37. The predicted octanol–water partition coefficient (Wildman–Crippen LogP) is 3.40. The van der Waals surface area contributed by atoms with Gasteiger partial charge < -0.3 is 10.2 Å². The number of anilines is 1. The molecule has 0 aliphatic carbocycles. The van der Waals surface area contributed by atoms with Crippen molar-refractivity contribution in [2.75, 3.05) is 5.32 Å². The average molecular weight is 278 g/mol. The van der Waals surface area contributed by atoms with Gasteiger partial charge in [-0.2, -0.15) is 0 Å². The Kier molecular flexibility index (Phi) is 2.58. The summed E-state index contributed by atoms with van der Waals surface area (Å²) in [6, 6.07) is 16.8. The van der Waals surface area contributed by atoms with E-state index in [1.165, 1.54) is 16.7 Å². The number of carbonyl (C=O) groups excluding carboxylic acids is 1. The molecule has 2 aromatic rings. The Bertz CT molecular complexity index is 707. The molecule has 0 bridgehead atoms. The van der Waals surface area contributed by atoms with Crippen molar-refractivity contribution in [2.24, 2.45) is 0 Å². The smallest absolute Gasteiger partial charge is 0.225 e. The van der Waals surface area contributed by atoms with Gasteiger partial charge in [0.05, 0.1) is 6.54 Å². The highest BCUT2D eigenvalue weighted by Crippen LogP contribution is 2.45. The Hall–Kier alpha value is -2.29. The quantitative estimate of drug-likeness (QED) is 0.867. The number of nitrogens with zero attached hydrogens (tertiary/aromatic N) is 1. The highest BCUT2D eigenvalue weighted by atomic mass is 16.2. The number of carbonyl (C=O) groups is 1. The van der Waals surface area contributed by atoms with Crippen LogP contribution in [0.1, 0.15) is 29.5 Å². The molecule has 1 unspecified atom stereocenters. The fourth-order valence-electron chi connectivity index (χ4n) is 3.50. The summed E-state index contributed by atoms with van der Waals surface area (Å²) in [5, 5.41) is 3.64. The second kappa shape index (κ2) is 4.35. The lowest BCUT2D eigenvalue weighted by Crippen LogP contribution is -2.51. The molecule has 2 aliphatic rings. The van der Waals surface area contributed by atoms with Gasteiger partial charge in [0.25, 0.3) is 0 Å². The Morgan fingerprint density at radius 2 is 1.86 bits per heavy atom. The Labute approximate surface area is 124 Å². The van der Waals surface area contributed by atoms with Crippen molar-refractivity contribution in [3.05, 3.63) is 65.2 Å². The number of hydrogen-bond acceptors (Lipinski definition) is 2. The summed E-state index contributed by atoms with van der Waals surface area (Å²) < 4.78 is 0. The first-order chi connectivity index (χ1) is 10.2. The molecular weight excluding hydrogens is 260 g/mol. The summed E-state index contributed by atoms with van der Waals surface area (Å²) in [6.45, 7) is 2.78. The van der Waals surface area contributed by atoms with Crippen LogP contribution >= 0.6 is 0 Å². The Balaban J connectivity index is 1.85. The molecule has 4 rings (SSSR count). The molecule has 1 N–H and O–H groups in total. The van der Waals surface area contributed by atoms with Crippen LogP contribution in [0, 0.1) is 6.92 Å². The number of para-hydroxylation sites is 1. The minimum absolute atomic E-state index is 0.234. The van der Waals surface area contributed by atoms with Crippen molar-refractivity contribution in [1.82, 2.24) is 4.90 Å².